The first-order chi connectivity index (χ1) is 8.52. The van der Waals surface area contributed by atoms with Crippen LogP contribution >= 0.6 is 50.2 Å². The van der Waals surface area contributed by atoms with Crippen LogP contribution in [0, 0.1) is 0 Å². The fourth-order valence-electron chi connectivity index (χ4n) is 1.59. The summed E-state index contributed by atoms with van der Waals surface area (Å²) < 4.78 is 1.73. The van der Waals surface area contributed by atoms with Gasteiger partial charge in [0.05, 0.1) is 11.7 Å². The van der Waals surface area contributed by atoms with Crippen molar-refractivity contribution in [2.45, 2.75) is 25.8 Å². The Balaban J connectivity index is 2.32. The summed E-state index contributed by atoms with van der Waals surface area (Å²) in [5, 5.41) is 6.53. The van der Waals surface area contributed by atoms with Gasteiger partial charge in [-0.15, -0.1) is 22.7 Å². The molecular weight excluding hydrogens is 352 g/mol. The van der Waals surface area contributed by atoms with Gasteiger partial charge in [0.2, 0.25) is 0 Å². The second-order valence-electron chi connectivity index (χ2n) is 4.26. The first kappa shape index (κ1) is 14.5. The largest absolute Gasteiger partial charge is 0.307 e. The summed E-state index contributed by atoms with van der Waals surface area (Å²) >= 11 is 12.8. The summed E-state index contributed by atoms with van der Waals surface area (Å²) in [6.45, 7) is 4.32. The topological polar surface area (TPSA) is 24.9 Å². The Kier molecular flexibility index (Phi) is 4.83. The van der Waals surface area contributed by atoms with Gasteiger partial charge in [0.25, 0.3) is 0 Å². The quantitative estimate of drug-likeness (QED) is 0.819. The van der Waals surface area contributed by atoms with Crippen molar-refractivity contribution in [1.29, 1.82) is 0 Å². The summed E-state index contributed by atoms with van der Waals surface area (Å²) in [4.78, 5) is 5.88. The molecular formula is C12H14BrClN2S2. The van der Waals surface area contributed by atoms with Crippen molar-refractivity contribution in [3.05, 3.63) is 35.8 Å². The zero-order chi connectivity index (χ0) is 13.3. The minimum Gasteiger partial charge on any atom is -0.307 e. The van der Waals surface area contributed by atoms with Crippen LogP contribution in [-0.4, -0.2) is 12.0 Å². The van der Waals surface area contributed by atoms with E-state index in [9.17, 15) is 0 Å². The van der Waals surface area contributed by atoms with Crippen LogP contribution in [0.4, 0.5) is 0 Å². The predicted octanol–water partition coefficient (Wildman–Crippen LogP) is 5.05. The second kappa shape index (κ2) is 6.01. The molecule has 1 N–H and O–H groups in total. The maximum absolute atomic E-state index is 6.10. The Bertz CT molecular complexity index is 516. The van der Waals surface area contributed by atoms with Crippen molar-refractivity contribution >= 4 is 50.2 Å². The standard InChI is InChI=1S/C12H14BrClN2S2/c1-6(2)8-5-17-12(16-8)10(15-3)9-4-7(13)11(14)18-9/h4-6,10,15H,1-3H3. The summed E-state index contributed by atoms with van der Waals surface area (Å²) in [7, 11) is 1.95. The molecule has 0 saturated heterocycles. The summed E-state index contributed by atoms with van der Waals surface area (Å²) in [5.74, 6) is 0.464. The molecule has 1 atom stereocenters. The Morgan fingerprint density at radius 1 is 1.44 bits per heavy atom. The highest BCUT2D eigenvalue weighted by atomic mass is 79.9. The van der Waals surface area contributed by atoms with E-state index < -0.39 is 0 Å². The number of nitrogens with zero attached hydrogens (tertiary/aromatic N) is 1. The lowest BCUT2D eigenvalue weighted by Crippen LogP contribution is -2.16. The van der Waals surface area contributed by atoms with Gasteiger partial charge in [0.1, 0.15) is 9.34 Å². The van der Waals surface area contributed by atoms with E-state index in [1.54, 1.807) is 22.7 Å². The molecule has 0 radical (unpaired) electrons. The molecule has 2 nitrogen and oxygen atoms in total. The Labute approximate surface area is 129 Å². The molecule has 0 saturated carbocycles. The van der Waals surface area contributed by atoms with Crippen molar-refractivity contribution < 1.29 is 0 Å². The molecule has 0 aliphatic carbocycles. The van der Waals surface area contributed by atoms with Crippen LogP contribution in [-0.2, 0) is 0 Å². The van der Waals surface area contributed by atoms with Gasteiger partial charge in [-0.2, -0.15) is 0 Å². The summed E-state index contributed by atoms with van der Waals surface area (Å²) in [6, 6.07) is 2.18. The monoisotopic (exact) mass is 364 g/mol. The molecule has 0 spiro atoms. The SMILES string of the molecule is CNC(c1cc(Br)c(Cl)s1)c1nc(C(C)C)cs1. The van der Waals surface area contributed by atoms with Crippen LogP contribution in [0.15, 0.2) is 15.9 Å². The third kappa shape index (κ3) is 2.96. The van der Waals surface area contributed by atoms with E-state index in [-0.39, 0.29) is 6.04 Å². The lowest BCUT2D eigenvalue weighted by Gasteiger charge is -2.11. The van der Waals surface area contributed by atoms with Crippen molar-refractivity contribution in [3.8, 4) is 0 Å². The Morgan fingerprint density at radius 3 is 2.61 bits per heavy atom. The van der Waals surface area contributed by atoms with E-state index in [1.807, 2.05) is 7.05 Å². The van der Waals surface area contributed by atoms with E-state index >= 15 is 0 Å². The highest BCUT2D eigenvalue weighted by Gasteiger charge is 2.20. The van der Waals surface area contributed by atoms with E-state index in [0.717, 1.165) is 19.5 Å². The zero-order valence-electron chi connectivity index (χ0n) is 10.3. The van der Waals surface area contributed by atoms with Crippen molar-refractivity contribution in [3.63, 3.8) is 0 Å². The number of hydrogen-bond donors (Lipinski definition) is 1. The number of halogens is 2. The number of rotatable bonds is 4. The third-order valence-electron chi connectivity index (χ3n) is 2.62. The zero-order valence-corrected chi connectivity index (χ0v) is 14.3. The molecule has 6 heteroatoms. The predicted molar refractivity (Wildman–Crippen MR) is 84.1 cm³/mol. The maximum Gasteiger partial charge on any atom is 0.115 e. The first-order valence-corrected chi connectivity index (χ1v) is 8.47. The van der Waals surface area contributed by atoms with Crippen LogP contribution in [0.1, 0.15) is 41.4 Å². The molecule has 98 valence electrons. The van der Waals surface area contributed by atoms with Gasteiger partial charge >= 0.3 is 0 Å². The number of nitrogens with one attached hydrogen (secondary N) is 1. The summed E-state index contributed by atoms with van der Waals surface area (Å²) in [5.41, 5.74) is 1.15. The molecule has 1 unspecified atom stereocenters. The number of hydrogen-bond acceptors (Lipinski definition) is 4. The smallest absolute Gasteiger partial charge is 0.115 e. The second-order valence-corrected chi connectivity index (χ2v) is 7.69. The van der Waals surface area contributed by atoms with Gasteiger partial charge in [-0.25, -0.2) is 4.98 Å². The van der Waals surface area contributed by atoms with E-state index in [0.29, 0.717) is 5.92 Å². The fourth-order valence-corrected chi connectivity index (χ4v) is 4.62. The minimum absolute atomic E-state index is 0.122. The van der Waals surface area contributed by atoms with Crippen molar-refractivity contribution in [2.24, 2.45) is 0 Å². The van der Waals surface area contributed by atoms with E-state index in [2.05, 4.69) is 46.5 Å². The van der Waals surface area contributed by atoms with Gasteiger partial charge in [-0.1, -0.05) is 25.4 Å². The third-order valence-corrected chi connectivity index (χ3v) is 6.08. The van der Waals surface area contributed by atoms with Crippen LogP contribution in [0.2, 0.25) is 4.34 Å². The molecule has 0 amide bonds. The van der Waals surface area contributed by atoms with Crippen LogP contribution in [0.5, 0.6) is 0 Å². The lowest BCUT2D eigenvalue weighted by molar-refractivity contribution is 0.689. The average Bonchev–Trinajstić information content (AvgIpc) is 2.89. The van der Waals surface area contributed by atoms with Crippen LogP contribution in [0.25, 0.3) is 0 Å². The molecule has 0 aromatic carbocycles. The van der Waals surface area contributed by atoms with Crippen molar-refractivity contribution in [1.82, 2.24) is 10.3 Å². The number of thiazole rings is 1. The van der Waals surface area contributed by atoms with Gasteiger partial charge in [0.15, 0.2) is 0 Å². The fraction of sp³-hybridized carbons (Fsp3) is 0.417. The Hall–Kier alpha value is 0.0600. The minimum atomic E-state index is 0.122. The molecule has 2 aromatic rings. The molecule has 2 aromatic heterocycles. The van der Waals surface area contributed by atoms with Gasteiger partial charge in [-0.3, -0.25) is 0 Å². The highest BCUT2D eigenvalue weighted by Crippen LogP contribution is 2.38. The van der Waals surface area contributed by atoms with Gasteiger partial charge in [0, 0.05) is 14.7 Å². The van der Waals surface area contributed by atoms with Crippen LogP contribution in [0.3, 0.4) is 0 Å². The Morgan fingerprint density at radius 2 is 2.17 bits per heavy atom. The summed E-state index contributed by atoms with van der Waals surface area (Å²) in [6.07, 6.45) is 0. The normalized spacial score (nSPS) is 13.2. The molecule has 2 rings (SSSR count). The van der Waals surface area contributed by atoms with Crippen molar-refractivity contribution in [2.75, 3.05) is 7.05 Å². The average molecular weight is 366 g/mol. The number of thiophene rings is 1. The molecule has 2 heterocycles. The molecule has 0 aliphatic heterocycles. The lowest BCUT2D eigenvalue weighted by atomic mass is 10.2. The van der Waals surface area contributed by atoms with Crippen LogP contribution < -0.4 is 5.32 Å². The van der Waals surface area contributed by atoms with Gasteiger partial charge in [-0.05, 0) is 35.0 Å². The maximum atomic E-state index is 6.10. The molecule has 0 fully saturated rings. The van der Waals surface area contributed by atoms with E-state index in [1.165, 1.54) is 4.88 Å². The first-order valence-electron chi connectivity index (χ1n) is 5.60. The number of aromatic nitrogens is 1. The van der Waals surface area contributed by atoms with E-state index in [4.69, 9.17) is 16.6 Å². The molecule has 18 heavy (non-hydrogen) atoms. The molecule has 0 aliphatic rings. The van der Waals surface area contributed by atoms with Gasteiger partial charge < -0.3 is 5.32 Å². The molecule has 0 bridgehead atoms. The highest BCUT2D eigenvalue weighted by molar-refractivity contribution is 9.10.